The summed E-state index contributed by atoms with van der Waals surface area (Å²) in [6, 6.07) is 4.65. The fourth-order valence-electron chi connectivity index (χ4n) is 2.94. The number of rotatable bonds is 4. The Bertz CT molecular complexity index is 831. The van der Waals surface area contributed by atoms with Crippen LogP contribution in [-0.4, -0.2) is 31.3 Å². The lowest BCUT2D eigenvalue weighted by Crippen LogP contribution is -2.33. The summed E-state index contributed by atoms with van der Waals surface area (Å²) in [6.45, 7) is 1.41. The summed E-state index contributed by atoms with van der Waals surface area (Å²) in [6.07, 6.45) is 5.47. The molecule has 0 saturated heterocycles. The number of imidazole rings is 1. The number of nitrogens with one attached hydrogen (secondary N) is 1. The molecular formula is C15H17N3O4S. The second-order valence-electron chi connectivity index (χ2n) is 5.76. The van der Waals surface area contributed by atoms with Crippen molar-refractivity contribution in [2.75, 3.05) is 13.3 Å². The average molecular weight is 335 g/mol. The summed E-state index contributed by atoms with van der Waals surface area (Å²) < 4.78 is 40.1. The molecule has 23 heavy (non-hydrogen) atoms. The van der Waals surface area contributed by atoms with Crippen LogP contribution in [0.4, 0.5) is 0 Å². The largest absolute Gasteiger partial charge is 0.454 e. The van der Waals surface area contributed by atoms with Crippen LogP contribution in [0.25, 0.3) is 0 Å². The Morgan fingerprint density at radius 2 is 2.17 bits per heavy atom. The normalized spacial score (nSPS) is 19.6. The molecule has 1 aromatic carbocycles. The van der Waals surface area contributed by atoms with Crippen LogP contribution in [0.3, 0.4) is 0 Å². The molecule has 2 aliphatic rings. The van der Waals surface area contributed by atoms with Crippen LogP contribution in [0.15, 0.2) is 35.5 Å². The second kappa shape index (κ2) is 5.54. The van der Waals surface area contributed by atoms with Crippen molar-refractivity contribution in [1.82, 2.24) is 14.3 Å². The van der Waals surface area contributed by atoms with Gasteiger partial charge < -0.3 is 14.0 Å². The molecule has 0 fully saturated rings. The molecule has 0 radical (unpaired) electrons. The predicted molar refractivity (Wildman–Crippen MR) is 81.8 cm³/mol. The van der Waals surface area contributed by atoms with Crippen LogP contribution in [0.5, 0.6) is 11.5 Å². The molecule has 0 spiro atoms. The molecule has 4 rings (SSSR count). The van der Waals surface area contributed by atoms with E-state index >= 15 is 0 Å². The van der Waals surface area contributed by atoms with Gasteiger partial charge in [-0.2, -0.15) is 0 Å². The summed E-state index contributed by atoms with van der Waals surface area (Å²) in [7, 11) is -3.56. The van der Waals surface area contributed by atoms with Gasteiger partial charge in [0.2, 0.25) is 16.8 Å². The molecule has 122 valence electrons. The summed E-state index contributed by atoms with van der Waals surface area (Å²) in [5.74, 6) is 2.31. The predicted octanol–water partition coefficient (Wildman–Crippen LogP) is 1.15. The summed E-state index contributed by atoms with van der Waals surface area (Å²) >= 11 is 0. The van der Waals surface area contributed by atoms with Crippen molar-refractivity contribution in [2.24, 2.45) is 5.92 Å². The third kappa shape index (κ3) is 2.79. The molecule has 1 aromatic heterocycles. The molecule has 0 unspecified atom stereocenters. The van der Waals surface area contributed by atoms with Crippen LogP contribution < -0.4 is 14.2 Å². The van der Waals surface area contributed by atoms with Gasteiger partial charge in [-0.15, -0.1) is 0 Å². The zero-order chi connectivity index (χ0) is 15.9. The first-order valence-corrected chi connectivity index (χ1v) is 8.99. The molecule has 2 aromatic rings. The highest BCUT2D eigenvalue weighted by Crippen LogP contribution is 2.33. The van der Waals surface area contributed by atoms with Crippen LogP contribution in [-0.2, 0) is 23.0 Å². The zero-order valence-electron chi connectivity index (χ0n) is 12.4. The van der Waals surface area contributed by atoms with Crippen LogP contribution in [0.1, 0.15) is 12.2 Å². The standard InChI is InChI=1S/C15H17N3O4S/c19-23(20,12-1-2-13-14(8-12)22-10-21-13)17-9-11-3-5-18-6-4-16-15(18)7-11/h1-2,4,6,8,11,17H,3,5,7,9-10H2/t11-/m0/s1. The van der Waals surface area contributed by atoms with Crippen molar-refractivity contribution in [1.29, 1.82) is 0 Å². The maximum atomic E-state index is 12.4. The van der Waals surface area contributed by atoms with Crippen molar-refractivity contribution >= 4 is 10.0 Å². The van der Waals surface area contributed by atoms with E-state index in [9.17, 15) is 8.42 Å². The topological polar surface area (TPSA) is 82.5 Å². The average Bonchev–Trinajstić information content (AvgIpc) is 3.20. The minimum atomic E-state index is -3.56. The smallest absolute Gasteiger partial charge is 0.240 e. The number of nitrogens with zero attached hydrogens (tertiary/aromatic N) is 2. The Labute approximate surface area is 134 Å². The molecule has 1 N–H and O–H groups in total. The van der Waals surface area contributed by atoms with Crippen LogP contribution in [0, 0.1) is 5.92 Å². The van der Waals surface area contributed by atoms with Crippen molar-refractivity contribution in [3.05, 3.63) is 36.4 Å². The highest BCUT2D eigenvalue weighted by molar-refractivity contribution is 7.89. The highest BCUT2D eigenvalue weighted by atomic mass is 32.2. The van der Waals surface area contributed by atoms with E-state index in [1.54, 1.807) is 12.3 Å². The number of aryl methyl sites for hydroxylation is 1. The summed E-state index contributed by atoms with van der Waals surface area (Å²) in [4.78, 5) is 4.50. The van der Waals surface area contributed by atoms with Crippen LogP contribution >= 0.6 is 0 Å². The Morgan fingerprint density at radius 3 is 3.09 bits per heavy atom. The molecular weight excluding hydrogens is 318 g/mol. The van der Waals surface area contributed by atoms with E-state index in [4.69, 9.17) is 9.47 Å². The first-order valence-electron chi connectivity index (χ1n) is 7.51. The minimum Gasteiger partial charge on any atom is -0.454 e. The van der Waals surface area contributed by atoms with Gasteiger partial charge in [0.1, 0.15) is 5.82 Å². The maximum absolute atomic E-state index is 12.4. The minimum absolute atomic E-state index is 0.126. The fraction of sp³-hybridized carbons (Fsp3) is 0.400. The first-order chi connectivity index (χ1) is 11.1. The number of ether oxygens (including phenoxy) is 2. The van der Waals surface area contributed by atoms with Crippen LogP contribution in [0.2, 0.25) is 0 Å². The van der Waals surface area contributed by atoms with E-state index in [1.807, 2.05) is 6.20 Å². The summed E-state index contributed by atoms with van der Waals surface area (Å²) in [5.41, 5.74) is 0. The quantitative estimate of drug-likeness (QED) is 0.906. The lowest BCUT2D eigenvalue weighted by molar-refractivity contribution is 0.174. The molecule has 0 bridgehead atoms. The third-order valence-electron chi connectivity index (χ3n) is 4.27. The monoisotopic (exact) mass is 335 g/mol. The first kappa shape index (κ1) is 14.5. The van der Waals surface area contributed by atoms with E-state index in [-0.39, 0.29) is 17.6 Å². The Balaban J connectivity index is 1.44. The third-order valence-corrected chi connectivity index (χ3v) is 5.69. The van der Waals surface area contributed by atoms with E-state index < -0.39 is 10.0 Å². The lowest BCUT2D eigenvalue weighted by atomic mass is 9.98. The molecule has 0 amide bonds. The number of fused-ring (bicyclic) bond motifs is 2. The Morgan fingerprint density at radius 1 is 1.30 bits per heavy atom. The molecule has 3 heterocycles. The number of hydrogen-bond donors (Lipinski definition) is 1. The number of hydrogen-bond acceptors (Lipinski definition) is 5. The van der Waals surface area contributed by atoms with E-state index in [2.05, 4.69) is 14.3 Å². The van der Waals surface area contributed by atoms with Gasteiger partial charge in [0.05, 0.1) is 4.90 Å². The van der Waals surface area contributed by atoms with Crippen molar-refractivity contribution in [3.8, 4) is 11.5 Å². The SMILES string of the molecule is O=S(=O)(NC[C@H]1CCn2ccnc2C1)c1ccc2c(c1)OCO2. The van der Waals surface area contributed by atoms with Crippen molar-refractivity contribution in [3.63, 3.8) is 0 Å². The molecule has 7 nitrogen and oxygen atoms in total. The van der Waals surface area contributed by atoms with E-state index in [0.717, 1.165) is 25.2 Å². The molecule has 8 heteroatoms. The summed E-state index contributed by atoms with van der Waals surface area (Å²) in [5, 5.41) is 0. The van der Waals surface area contributed by atoms with Crippen molar-refractivity contribution < 1.29 is 17.9 Å². The number of benzene rings is 1. The van der Waals surface area contributed by atoms with Gasteiger partial charge >= 0.3 is 0 Å². The Kier molecular flexibility index (Phi) is 3.50. The zero-order valence-corrected chi connectivity index (χ0v) is 13.3. The Hall–Kier alpha value is -2.06. The maximum Gasteiger partial charge on any atom is 0.240 e. The molecule has 2 aliphatic heterocycles. The molecule has 0 aliphatic carbocycles. The van der Waals surface area contributed by atoms with Gasteiger partial charge in [0, 0.05) is 38.0 Å². The van der Waals surface area contributed by atoms with Gasteiger partial charge in [0.25, 0.3) is 0 Å². The number of aromatic nitrogens is 2. The lowest BCUT2D eigenvalue weighted by Gasteiger charge is -2.23. The fourth-order valence-corrected chi connectivity index (χ4v) is 4.08. The highest BCUT2D eigenvalue weighted by Gasteiger charge is 2.23. The van der Waals surface area contributed by atoms with E-state index in [0.29, 0.717) is 18.0 Å². The number of sulfonamides is 1. The van der Waals surface area contributed by atoms with Gasteiger partial charge in [-0.3, -0.25) is 0 Å². The van der Waals surface area contributed by atoms with Gasteiger partial charge in [-0.1, -0.05) is 0 Å². The molecule has 0 saturated carbocycles. The van der Waals surface area contributed by atoms with Gasteiger partial charge in [-0.25, -0.2) is 18.1 Å². The second-order valence-corrected chi connectivity index (χ2v) is 7.53. The van der Waals surface area contributed by atoms with Gasteiger partial charge in [0.15, 0.2) is 11.5 Å². The van der Waals surface area contributed by atoms with Crippen molar-refractivity contribution in [2.45, 2.75) is 24.3 Å². The van der Waals surface area contributed by atoms with E-state index in [1.165, 1.54) is 12.1 Å². The van der Waals surface area contributed by atoms with Gasteiger partial charge in [-0.05, 0) is 24.5 Å². The molecule has 1 atom stereocenters.